The van der Waals surface area contributed by atoms with Crippen LogP contribution in [-0.4, -0.2) is 51.0 Å². The minimum Gasteiger partial charge on any atom is -0.492 e. The van der Waals surface area contributed by atoms with Crippen LogP contribution < -0.4 is 15.8 Å². The van der Waals surface area contributed by atoms with Gasteiger partial charge in [-0.15, -0.1) is 12.4 Å². The molecule has 0 bridgehead atoms. The molecule has 1 aromatic rings. The Balaban J connectivity index is 0.00000484. The minimum absolute atomic E-state index is 0. The van der Waals surface area contributed by atoms with Gasteiger partial charge in [-0.1, -0.05) is 6.07 Å². The van der Waals surface area contributed by atoms with Crippen molar-refractivity contribution in [1.29, 1.82) is 0 Å². The van der Waals surface area contributed by atoms with Gasteiger partial charge < -0.3 is 15.8 Å². The van der Waals surface area contributed by atoms with Gasteiger partial charge in [0.05, 0.1) is 11.8 Å². The average Bonchev–Trinajstić information content (AvgIpc) is 2.43. The van der Waals surface area contributed by atoms with Crippen molar-refractivity contribution in [3.63, 3.8) is 0 Å². The van der Waals surface area contributed by atoms with Gasteiger partial charge in [-0.2, -0.15) is 11.8 Å². The lowest BCUT2D eigenvalue weighted by atomic mass is 10.2. The van der Waals surface area contributed by atoms with Crippen molar-refractivity contribution in [2.75, 3.05) is 35.9 Å². The lowest BCUT2D eigenvalue weighted by Gasteiger charge is -2.12. The van der Waals surface area contributed by atoms with Crippen LogP contribution in [0.5, 0.6) is 5.75 Å². The number of ether oxygens (including phenoxy) is 1. The molecule has 0 aromatic heterocycles. The van der Waals surface area contributed by atoms with Crippen LogP contribution in [-0.2, 0) is 14.6 Å². The van der Waals surface area contributed by atoms with Gasteiger partial charge in [-0.05, 0) is 30.6 Å². The van der Waals surface area contributed by atoms with Crippen LogP contribution in [0.4, 0.5) is 5.69 Å². The summed E-state index contributed by atoms with van der Waals surface area (Å²) in [5.74, 6) is 1.02. The Labute approximate surface area is 147 Å². The topological polar surface area (TPSA) is 98.5 Å². The molecule has 0 saturated carbocycles. The smallest absolute Gasteiger partial charge is 0.241 e. The molecule has 1 atom stereocenters. The molecule has 0 saturated heterocycles. The fourth-order valence-corrected chi connectivity index (χ4v) is 2.46. The quantitative estimate of drug-likeness (QED) is 0.672. The molecule has 0 aliphatic heterocycles. The number of halogens is 1. The molecule has 0 unspecified atom stereocenters. The van der Waals surface area contributed by atoms with Gasteiger partial charge in [0, 0.05) is 18.0 Å². The summed E-state index contributed by atoms with van der Waals surface area (Å²) in [6.07, 6.45) is 3.72. The summed E-state index contributed by atoms with van der Waals surface area (Å²) in [7, 11) is -3.06. The second-order valence-electron chi connectivity index (χ2n) is 4.88. The largest absolute Gasteiger partial charge is 0.492 e. The third-order valence-electron chi connectivity index (χ3n) is 2.79. The van der Waals surface area contributed by atoms with E-state index >= 15 is 0 Å². The molecule has 0 radical (unpaired) electrons. The summed E-state index contributed by atoms with van der Waals surface area (Å²) in [6.45, 7) is 0.0729. The van der Waals surface area contributed by atoms with E-state index < -0.39 is 15.9 Å². The maximum absolute atomic E-state index is 11.9. The SMILES string of the molecule is CSCC[C@H](N)C(=O)Nc1cccc(OCCS(C)(=O)=O)c1.Cl. The van der Waals surface area contributed by atoms with Crippen LogP contribution in [0.15, 0.2) is 24.3 Å². The summed E-state index contributed by atoms with van der Waals surface area (Å²) in [4.78, 5) is 11.9. The fraction of sp³-hybridized carbons (Fsp3) is 0.500. The van der Waals surface area contributed by atoms with Gasteiger partial charge in [0.25, 0.3) is 0 Å². The van der Waals surface area contributed by atoms with E-state index in [1.165, 1.54) is 0 Å². The van der Waals surface area contributed by atoms with E-state index in [1.807, 2.05) is 6.26 Å². The van der Waals surface area contributed by atoms with E-state index in [-0.39, 0.29) is 30.7 Å². The highest BCUT2D eigenvalue weighted by Crippen LogP contribution is 2.17. The third-order valence-corrected chi connectivity index (χ3v) is 4.35. The molecule has 1 rings (SSSR count). The van der Waals surface area contributed by atoms with Crippen LogP contribution in [0.25, 0.3) is 0 Å². The summed E-state index contributed by atoms with van der Waals surface area (Å²) in [6, 6.07) is 6.23. The van der Waals surface area contributed by atoms with E-state index in [9.17, 15) is 13.2 Å². The van der Waals surface area contributed by atoms with Crippen molar-refractivity contribution in [1.82, 2.24) is 0 Å². The zero-order valence-corrected chi connectivity index (χ0v) is 15.6. The maximum Gasteiger partial charge on any atom is 0.241 e. The van der Waals surface area contributed by atoms with Crippen molar-refractivity contribution in [3.05, 3.63) is 24.3 Å². The Morgan fingerprint density at radius 2 is 2.13 bits per heavy atom. The number of rotatable bonds is 9. The molecule has 3 N–H and O–H groups in total. The van der Waals surface area contributed by atoms with Crippen LogP contribution in [0.2, 0.25) is 0 Å². The first-order chi connectivity index (χ1) is 10.3. The number of benzene rings is 1. The number of amides is 1. The van der Waals surface area contributed by atoms with Gasteiger partial charge in [0.15, 0.2) is 9.84 Å². The number of hydrogen-bond donors (Lipinski definition) is 2. The number of sulfone groups is 1. The van der Waals surface area contributed by atoms with Crippen LogP contribution in [0, 0.1) is 0 Å². The van der Waals surface area contributed by atoms with E-state index in [4.69, 9.17) is 10.5 Å². The molecule has 9 heteroatoms. The molecule has 1 amide bonds. The number of nitrogens with two attached hydrogens (primary N) is 1. The molecule has 6 nitrogen and oxygen atoms in total. The predicted molar refractivity (Wildman–Crippen MR) is 98.5 cm³/mol. The molecular formula is C14H23ClN2O4S2. The van der Waals surface area contributed by atoms with Gasteiger partial charge in [0.1, 0.15) is 12.4 Å². The van der Waals surface area contributed by atoms with Gasteiger partial charge in [-0.25, -0.2) is 8.42 Å². The Kier molecular flexibility index (Phi) is 10.3. The molecule has 0 fully saturated rings. The Morgan fingerprint density at radius 3 is 2.74 bits per heavy atom. The lowest BCUT2D eigenvalue weighted by molar-refractivity contribution is -0.117. The van der Waals surface area contributed by atoms with Crippen LogP contribution in [0.3, 0.4) is 0 Å². The Bertz CT molecular complexity index is 596. The van der Waals surface area contributed by atoms with E-state index in [2.05, 4.69) is 5.32 Å². The molecule has 132 valence electrons. The van der Waals surface area contributed by atoms with E-state index in [1.54, 1.807) is 36.0 Å². The highest BCUT2D eigenvalue weighted by Gasteiger charge is 2.13. The number of hydrogen-bond acceptors (Lipinski definition) is 6. The highest BCUT2D eigenvalue weighted by molar-refractivity contribution is 7.98. The van der Waals surface area contributed by atoms with Crippen molar-refractivity contribution in [2.24, 2.45) is 5.73 Å². The summed E-state index contributed by atoms with van der Waals surface area (Å²) in [5.41, 5.74) is 6.36. The minimum atomic E-state index is -3.06. The molecular weight excluding hydrogens is 360 g/mol. The monoisotopic (exact) mass is 382 g/mol. The highest BCUT2D eigenvalue weighted by atomic mass is 35.5. The van der Waals surface area contributed by atoms with Crippen molar-refractivity contribution < 1.29 is 17.9 Å². The van der Waals surface area contributed by atoms with E-state index in [0.29, 0.717) is 17.9 Å². The summed E-state index contributed by atoms with van der Waals surface area (Å²) < 4.78 is 27.4. The standard InChI is InChI=1S/C14H22N2O4S2.ClH/c1-21-8-6-13(15)14(17)16-11-4-3-5-12(10-11)20-7-9-22(2,18)19;/h3-5,10,13H,6-9,15H2,1-2H3,(H,16,17);1H/t13-;/m0./s1. The number of thioether (sulfide) groups is 1. The van der Waals surface area contributed by atoms with Crippen LogP contribution in [0.1, 0.15) is 6.42 Å². The zero-order chi connectivity index (χ0) is 16.6. The predicted octanol–water partition coefficient (Wildman–Crippen LogP) is 1.55. The normalized spacial score (nSPS) is 12.1. The second-order valence-corrected chi connectivity index (χ2v) is 8.13. The third kappa shape index (κ3) is 9.70. The summed E-state index contributed by atoms with van der Waals surface area (Å²) >= 11 is 1.64. The number of carbonyl (C=O) groups excluding carboxylic acids is 1. The van der Waals surface area contributed by atoms with Crippen molar-refractivity contribution >= 4 is 45.6 Å². The maximum atomic E-state index is 11.9. The van der Waals surface area contributed by atoms with Gasteiger partial charge in [-0.3, -0.25) is 4.79 Å². The number of nitrogens with one attached hydrogen (secondary N) is 1. The molecule has 23 heavy (non-hydrogen) atoms. The van der Waals surface area contributed by atoms with Gasteiger partial charge in [0.2, 0.25) is 5.91 Å². The first-order valence-corrected chi connectivity index (χ1v) is 10.2. The summed E-state index contributed by atoms with van der Waals surface area (Å²) in [5, 5.41) is 2.73. The fourth-order valence-electron chi connectivity index (χ4n) is 1.59. The lowest BCUT2D eigenvalue weighted by Crippen LogP contribution is -2.36. The molecule has 0 aliphatic carbocycles. The number of carbonyl (C=O) groups is 1. The van der Waals surface area contributed by atoms with Gasteiger partial charge >= 0.3 is 0 Å². The van der Waals surface area contributed by atoms with Crippen molar-refractivity contribution in [3.8, 4) is 5.75 Å². The second kappa shape index (κ2) is 10.7. The Hall–Kier alpha value is -0.960. The molecule has 0 aliphatic rings. The van der Waals surface area contributed by atoms with Crippen molar-refractivity contribution in [2.45, 2.75) is 12.5 Å². The molecule has 1 aromatic carbocycles. The Morgan fingerprint density at radius 1 is 1.43 bits per heavy atom. The average molecular weight is 383 g/mol. The zero-order valence-electron chi connectivity index (χ0n) is 13.2. The first-order valence-electron chi connectivity index (χ1n) is 6.78. The van der Waals surface area contributed by atoms with E-state index in [0.717, 1.165) is 12.0 Å². The van der Waals surface area contributed by atoms with Crippen LogP contribution >= 0.6 is 24.2 Å². The number of anilines is 1. The molecule has 0 spiro atoms. The molecule has 0 heterocycles. The first kappa shape index (κ1) is 22.0.